The van der Waals surface area contributed by atoms with Crippen molar-refractivity contribution in [1.82, 2.24) is 0 Å². The number of allylic oxidation sites excluding steroid dienone is 3. The number of unbranched alkanes of at least 4 members (excludes halogenated alkanes) is 1. The Morgan fingerprint density at radius 3 is 2.00 bits per heavy atom. The average molecular weight is 150 g/mol. The van der Waals surface area contributed by atoms with Gasteiger partial charge in [0, 0.05) is 0 Å². The van der Waals surface area contributed by atoms with Gasteiger partial charge in [0.25, 0.3) is 6.08 Å². The highest BCUT2D eigenvalue weighted by molar-refractivity contribution is 4.90. The Balaban J connectivity index is 3.39. The Hall–Kier alpha value is -0.730. The van der Waals surface area contributed by atoms with E-state index in [1.165, 1.54) is 13.0 Å². The molecule has 0 aromatic rings. The molecule has 0 aromatic carbocycles. The van der Waals surface area contributed by atoms with Crippen LogP contribution in [0.3, 0.4) is 0 Å². The third-order valence-corrected chi connectivity index (χ3v) is 0.891. The van der Waals surface area contributed by atoms with Gasteiger partial charge in [-0.05, 0) is 25.8 Å². The second-order valence-corrected chi connectivity index (χ2v) is 1.86. The van der Waals surface area contributed by atoms with Crippen LogP contribution in [0.25, 0.3) is 0 Å². The lowest BCUT2D eigenvalue weighted by atomic mass is 10.3. The highest BCUT2D eigenvalue weighted by Crippen LogP contribution is 2.04. The van der Waals surface area contributed by atoms with E-state index in [9.17, 15) is 13.2 Å². The lowest BCUT2D eigenvalue weighted by molar-refractivity contribution is 0.417. The summed E-state index contributed by atoms with van der Waals surface area (Å²) < 4.78 is 34.5. The summed E-state index contributed by atoms with van der Waals surface area (Å²) in [6, 6.07) is 0. The molecule has 0 bridgehead atoms. The first-order chi connectivity index (χ1) is 4.63. The van der Waals surface area contributed by atoms with Gasteiger partial charge < -0.3 is 0 Å². The van der Waals surface area contributed by atoms with Crippen molar-refractivity contribution < 1.29 is 13.2 Å². The predicted octanol–water partition coefficient (Wildman–Crippen LogP) is 3.42. The molecule has 0 rings (SSSR count). The molecule has 0 aliphatic heterocycles. The van der Waals surface area contributed by atoms with Gasteiger partial charge >= 0.3 is 0 Å². The van der Waals surface area contributed by atoms with E-state index in [0.717, 1.165) is 6.08 Å². The summed E-state index contributed by atoms with van der Waals surface area (Å²) >= 11 is 0. The quantitative estimate of drug-likeness (QED) is 0.541. The summed E-state index contributed by atoms with van der Waals surface area (Å²) in [4.78, 5) is 0. The third kappa shape index (κ3) is 7.27. The van der Waals surface area contributed by atoms with Gasteiger partial charge in [-0.25, -0.2) is 4.39 Å². The van der Waals surface area contributed by atoms with Gasteiger partial charge in [-0.2, -0.15) is 8.78 Å². The molecule has 0 fully saturated rings. The smallest absolute Gasteiger partial charge is 0.212 e. The van der Waals surface area contributed by atoms with Crippen LogP contribution < -0.4 is 0 Å². The van der Waals surface area contributed by atoms with Gasteiger partial charge in [0.1, 0.15) is 0 Å². The Labute approximate surface area is 58.0 Å². The molecule has 0 saturated heterocycles. The summed E-state index contributed by atoms with van der Waals surface area (Å²) in [5.74, 6) is -0.326. The number of rotatable bonds is 3. The molecule has 0 aromatic heterocycles. The molecule has 10 heavy (non-hydrogen) atoms. The van der Waals surface area contributed by atoms with E-state index in [1.54, 1.807) is 0 Å². The largest absolute Gasteiger partial charge is 0.266 e. The number of hydrogen-bond donors (Lipinski definition) is 0. The van der Waals surface area contributed by atoms with Gasteiger partial charge in [-0.1, -0.05) is 6.08 Å². The van der Waals surface area contributed by atoms with Gasteiger partial charge in [-0.15, -0.1) is 0 Å². The summed E-state index contributed by atoms with van der Waals surface area (Å²) in [6.45, 7) is 1.29. The molecule has 0 amide bonds. The van der Waals surface area contributed by atoms with Gasteiger partial charge in [0.2, 0.25) is 0 Å². The van der Waals surface area contributed by atoms with Gasteiger partial charge in [-0.3, -0.25) is 0 Å². The van der Waals surface area contributed by atoms with E-state index in [1.807, 2.05) is 0 Å². The highest BCUT2D eigenvalue weighted by atomic mass is 19.3. The maximum absolute atomic E-state index is 11.9. The molecule has 0 spiro atoms. The highest BCUT2D eigenvalue weighted by Gasteiger charge is 1.86. The fraction of sp³-hybridized carbons (Fsp3) is 0.429. The van der Waals surface area contributed by atoms with Crippen molar-refractivity contribution in [3.8, 4) is 0 Å². The van der Waals surface area contributed by atoms with Gasteiger partial charge in [0.15, 0.2) is 0 Å². The predicted molar refractivity (Wildman–Crippen MR) is 34.4 cm³/mol. The van der Waals surface area contributed by atoms with Crippen LogP contribution in [0.2, 0.25) is 0 Å². The second kappa shape index (κ2) is 5.09. The summed E-state index contributed by atoms with van der Waals surface area (Å²) in [6.07, 6.45) is 0.882. The van der Waals surface area contributed by atoms with Crippen molar-refractivity contribution in [2.75, 3.05) is 0 Å². The van der Waals surface area contributed by atoms with E-state index in [-0.39, 0.29) is 12.2 Å². The molecule has 0 aliphatic rings. The lowest BCUT2D eigenvalue weighted by Gasteiger charge is -1.85. The molecule has 0 radical (unpaired) electrons. The van der Waals surface area contributed by atoms with E-state index in [0.29, 0.717) is 6.42 Å². The first-order valence-corrected chi connectivity index (χ1v) is 2.96. The van der Waals surface area contributed by atoms with Crippen LogP contribution in [0.5, 0.6) is 0 Å². The van der Waals surface area contributed by atoms with Gasteiger partial charge in [0.05, 0.1) is 5.83 Å². The van der Waals surface area contributed by atoms with Crippen LogP contribution in [-0.2, 0) is 0 Å². The van der Waals surface area contributed by atoms with E-state index in [2.05, 4.69) is 0 Å². The zero-order chi connectivity index (χ0) is 7.98. The molecule has 0 nitrogen and oxygen atoms in total. The van der Waals surface area contributed by atoms with E-state index >= 15 is 0 Å². The standard InChI is InChI=1S/C7H9F3/c1-6(8)4-2-3-5-7(9)10/h4-5H,2-3H2,1H3/b6-4-. The third-order valence-electron chi connectivity index (χ3n) is 0.891. The molecule has 0 aliphatic carbocycles. The van der Waals surface area contributed by atoms with Crippen LogP contribution >= 0.6 is 0 Å². The first-order valence-electron chi connectivity index (χ1n) is 2.96. The Morgan fingerprint density at radius 2 is 1.60 bits per heavy atom. The first kappa shape index (κ1) is 9.27. The van der Waals surface area contributed by atoms with E-state index in [4.69, 9.17) is 0 Å². The summed E-state index contributed by atoms with van der Waals surface area (Å²) in [7, 11) is 0. The van der Waals surface area contributed by atoms with Crippen molar-refractivity contribution in [3.05, 3.63) is 24.1 Å². The molecule has 0 heterocycles. The van der Waals surface area contributed by atoms with Crippen LogP contribution in [0.1, 0.15) is 19.8 Å². The maximum Gasteiger partial charge on any atom is 0.266 e. The molecule has 58 valence electrons. The van der Waals surface area contributed by atoms with Crippen LogP contribution in [-0.4, -0.2) is 0 Å². The van der Waals surface area contributed by atoms with Crippen molar-refractivity contribution >= 4 is 0 Å². The number of hydrogen-bond acceptors (Lipinski definition) is 0. The van der Waals surface area contributed by atoms with Crippen molar-refractivity contribution in [1.29, 1.82) is 0 Å². The van der Waals surface area contributed by atoms with Crippen LogP contribution in [0.15, 0.2) is 24.1 Å². The summed E-state index contributed by atoms with van der Waals surface area (Å²) in [5.41, 5.74) is 0. The Bertz CT molecular complexity index is 121. The molecular weight excluding hydrogens is 141 g/mol. The SMILES string of the molecule is C/C(F)=C/CCC=C(F)F. The molecule has 0 N–H and O–H groups in total. The number of halogens is 3. The normalized spacial score (nSPS) is 11.4. The second-order valence-electron chi connectivity index (χ2n) is 1.86. The summed E-state index contributed by atoms with van der Waals surface area (Å²) in [5, 5.41) is 0. The zero-order valence-corrected chi connectivity index (χ0v) is 5.70. The topological polar surface area (TPSA) is 0 Å². The molecule has 0 saturated carbocycles. The maximum atomic E-state index is 11.9. The molecule has 3 heteroatoms. The van der Waals surface area contributed by atoms with E-state index < -0.39 is 6.08 Å². The average Bonchev–Trinajstić information content (AvgIpc) is 1.79. The molecule has 0 unspecified atom stereocenters. The molecule has 0 atom stereocenters. The molecular formula is C7H9F3. The zero-order valence-electron chi connectivity index (χ0n) is 5.70. The minimum Gasteiger partial charge on any atom is -0.212 e. The van der Waals surface area contributed by atoms with Crippen LogP contribution in [0.4, 0.5) is 13.2 Å². The lowest BCUT2D eigenvalue weighted by Crippen LogP contribution is -1.67. The van der Waals surface area contributed by atoms with Crippen LogP contribution in [0, 0.1) is 0 Å². The van der Waals surface area contributed by atoms with Crippen molar-refractivity contribution in [3.63, 3.8) is 0 Å². The Morgan fingerprint density at radius 1 is 1.10 bits per heavy atom. The monoisotopic (exact) mass is 150 g/mol. The minimum absolute atomic E-state index is 0.198. The van der Waals surface area contributed by atoms with Crippen molar-refractivity contribution in [2.45, 2.75) is 19.8 Å². The fourth-order valence-corrected chi connectivity index (χ4v) is 0.475. The van der Waals surface area contributed by atoms with Crippen molar-refractivity contribution in [2.24, 2.45) is 0 Å². The minimum atomic E-state index is -1.70. The Kier molecular flexibility index (Phi) is 4.72. The fourth-order valence-electron chi connectivity index (χ4n) is 0.475.